The highest BCUT2D eigenvalue weighted by atomic mass is 16.2. The number of unbranched alkanes of at least 4 members (excludes halogenated alkanes) is 13. The maximum absolute atomic E-state index is 13.1. The minimum Gasteiger partial charge on any atom is -0.368 e. The van der Waals surface area contributed by atoms with Crippen molar-refractivity contribution in [1.82, 2.24) is 31.2 Å². The Labute approximate surface area is 287 Å². The van der Waals surface area contributed by atoms with Crippen LogP contribution >= 0.6 is 0 Å². The average Bonchev–Trinajstić information content (AvgIpc) is 3.58. The van der Waals surface area contributed by atoms with Gasteiger partial charge in [0.15, 0.2) is 0 Å². The normalized spacial score (nSPS) is 13.6. The first-order valence-corrected chi connectivity index (χ1v) is 18.3. The minimum absolute atomic E-state index is 0.190. The van der Waals surface area contributed by atoms with E-state index in [1.54, 1.807) is 6.20 Å². The lowest BCUT2D eigenvalue weighted by Gasteiger charge is -2.23. The molecule has 0 unspecified atom stereocenters. The van der Waals surface area contributed by atoms with Gasteiger partial charge in [0, 0.05) is 18.3 Å². The second-order valence-corrected chi connectivity index (χ2v) is 12.9. The van der Waals surface area contributed by atoms with E-state index in [0.29, 0.717) is 38.6 Å². The summed E-state index contributed by atoms with van der Waals surface area (Å²) in [5.41, 5.74) is 11.9. The third-order valence-electron chi connectivity index (χ3n) is 8.53. The van der Waals surface area contributed by atoms with Crippen LogP contribution in [0.5, 0.6) is 0 Å². The van der Waals surface area contributed by atoms with Crippen molar-refractivity contribution in [2.75, 3.05) is 6.54 Å². The number of H-pyrrole nitrogens is 1. The van der Waals surface area contributed by atoms with Crippen molar-refractivity contribution in [1.29, 1.82) is 0 Å². The maximum Gasteiger partial charge on any atom is 0.243 e. The van der Waals surface area contributed by atoms with E-state index in [2.05, 4.69) is 38.2 Å². The zero-order valence-corrected chi connectivity index (χ0v) is 29.7. The summed E-state index contributed by atoms with van der Waals surface area (Å²) >= 11 is 0. The van der Waals surface area contributed by atoms with Crippen molar-refractivity contribution in [3.05, 3.63) is 18.2 Å². The number of nitrogens with one attached hydrogen (secondary N) is 5. The highest BCUT2D eigenvalue weighted by Crippen LogP contribution is 2.13. The molecular formula is C35H64N8O5. The Balaban J connectivity index is 2.43. The first-order valence-electron chi connectivity index (χ1n) is 18.3. The molecule has 0 aliphatic rings. The molecule has 0 fully saturated rings. The van der Waals surface area contributed by atoms with Gasteiger partial charge in [-0.15, -0.1) is 0 Å². The Bertz CT molecular complexity index is 1050. The summed E-state index contributed by atoms with van der Waals surface area (Å²) in [6.07, 6.45) is 21.8. The Morgan fingerprint density at radius 3 is 1.75 bits per heavy atom. The first kappa shape index (κ1) is 42.5. The second kappa shape index (κ2) is 26.5. The zero-order valence-electron chi connectivity index (χ0n) is 29.7. The summed E-state index contributed by atoms with van der Waals surface area (Å²) in [6, 6.07) is -3.70. The van der Waals surface area contributed by atoms with Crippen molar-refractivity contribution in [3.63, 3.8) is 0 Å². The average molecular weight is 677 g/mol. The Morgan fingerprint density at radius 1 is 0.688 bits per heavy atom. The van der Waals surface area contributed by atoms with Crippen LogP contribution in [-0.4, -0.2) is 70.2 Å². The van der Waals surface area contributed by atoms with E-state index >= 15 is 0 Å². The molecule has 5 amide bonds. The number of rotatable bonds is 29. The van der Waals surface area contributed by atoms with E-state index in [-0.39, 0.29) is 12.3 Å². The molecule has 0 aliphatic carbocycles. The predicted octanol–water partition coefficient (Wildman–Crippen LogP) is 3.42. The van der Waals surface area contributed by atoms with Crippen LogP contribution in [0, 0.1) is 0 Å². The molecule has 1 rings (SSSR count). The van der Waals surface area contributed by atoms with Crippen molar-refractivity contribution in [3.8, 4) is 0 Å². The minimum atomic E-state index is -0.994. The lowest BCUT2D eigenvalue weighted by molar-refractivity contribution is -0.134. The number of aromatic amines is 1. The second-order valence-electron chi connectivity index (χ2n) is 12.9. The molecule has 48 heavy (non-hydrogen) atoms. The van der Waals surface area contributed by atoms with Gasteiger partial charge in [-0.1, -0.05) is 84.0 Å². The van der Waals surface area contributed by atoms with E-state index in [1.165, 1.54) is 84.4 Å². The van der Waals surface area contributed by atoms with Crippen LogP contribution in [0.4, 0.5) is 0 Å². The molecule has 1 aromatic heterocycles. The third kappa shape index (κ3) is 20.0. The standard InChI is InChI=1S/C35H64N8O5/c1-4-5-6-7-8-9-10-11-12-13-14-15-16-20-31(44)42-30(19-17-18-23-36)35(48)41-26(2)33(46)40-27(3)34(47)43-29(32(37)45)22-21-28-24-38-25-39-28/h24-27,29-30H,4-23,36H2,1-3H3,(H2,37,45)(H,38,39)(H,40,46)(H,41,48)(H,42,44)(H,43,47)/t26-,27-,29-,30-/m0/s1. The van der Waals surface area contributed by atoms with Crippen LogP contribution in [-0.2, 0) is 30.4 Å². The van der Waals surface area contributed by atoms with Crippen LogP contribution in [0.1, 0.15) is 142 Å². The number of nitrogens with zero attached hydrogens (tertiary/aromatic N) is 1. The summed E-state index contributed by atoms with van der Waals surface area (Å²) in [4.78, 5) is 70.1. The summed E-state index contributed by atoms with van der Waals surface area (Å²) in [5.74, 6) is -2.53. The molecule has 1 heterocycles. The molecule has 0 saturated heterocycles. The van der Waals surface area contributed by atoms with Gasteiger partial charge >= 0.3 is 0 Å². The zero-order chi connectivity index (χ0) is 35.6. The predicted molar refractivity (Wildman–Crippen MR) is 188 cm³/mol. The van der Waals surface area contributed by atoms with E-state index in [9.17, 15) is 24.0 Å². The molecule has 0 saturated carbocycles. The van der Waals surface area contributed by atoms with E-state index in [4.69, 9.17) is 11.5 Å². The van der Waals surface area contributed by atoms with E-state index in [1.807, 2.05) is 0 Å². The van der Waals surface area contributed by atoms with Crippen LogP contribution in [0.2, 0.25) is 0 Å². The Kier molecular flexibility index (Phi) is 23.5. The smallest absolute Gasteiger partial charge is 0.243 e. The van der Waals surface area contributed by atoms with Gasteiger partial charge in [0.05, 0.1) is 6.33 Å². The van der Waals surface area contributed by atoms with Crippen LogP contribution in [0.3, 0.4) is 0 Å². The molecule has 1 aromatic rings. The largest absolute Gasteiger partial charge is 0.368 e. The highest BCUT2D eigenvalue weighted by molar-refractivity contribution is 5.95. The molecule has 13 heteroatoms. The molecule has 9 N–H and O–H groups in total. The number of nitrogens with two attached hydrogens (primary N) is 2. The van der Waals surface area contributed by atoms with Gasteiger partial charge in [-0.25, -0.2) is 4.98 Å². The Morgan fingerprint density at radius 2 is 1.23 bits per heavy atom. The van der Waals surface area contributed by atoms with Gasteiger partial charge in [-0.05, 0) is 58.9 Å². The summed E-state index contributed by atoms with van der Waals surface area (Å²) in [6.45, 7) is 5.69. The van der Waals surface area contributed by atoms with Crippen molar-refractivity contribution < 1.29 is 24.0 Å². The Hall–Kier alpha value is -3.48. The third-order valence-corrected chi connectivity index (χ3v) is 8.53. The van der Waals surface area contributed by atoms with Crippen molar-refractivity contribution in [2.24, 2.45) is 11.5 Å². The molecular weight excluding hydrogens is 612 g/mol. The number of aryl methyl sites for hydroxylation is 1. The number of hydrogen-bond acceptors (Lipinski definition) is 7. The van der Waals surface area contributed by atoms with E-state index in [0.717, 1.165) is 25.0 Å². The van der Waals surface area contributed by atoms with Gasteiger partial charge in [0.25, 0.3) is 0 Å². The topological polar surface area (TPSA) is 214 Å². The van der Waals surface area contributed by atoms with Crippen molar-refractivity contribution in [2.45, 2.75) is 167 Å². The molecule has 4 atom stereocenters. The van der Waals surface area contributed by atoms with Gasteiger partial charge in [-0.3, -0.25) is 24.0 Å². The molecule has 0 aromatic carbocycles. The summed E-state index contributed by atoms with van der Waals surface area (Å²) in [5, 5.41) is 10.6. The quantitative estimate of drug-likeness (QED) is 0.0627. The maximum atomic E-state index is 13.1. The molecule has 13 nitrogen and oxygen atoms in total. The summed E-state index contributed by atoms with van der Waals surface area (Å²) in [7, 11) is 0. The molecule has 0 spiro atoms. The number of aromatic nitrogens is 2. The SMILES string of the molecule is CCCCCCCCCCCCCCCC(=O)N[C@@H](CCCCN)C(=O)N[C@@H](C)C(=O)N[C@@H](C)C(=O)N[C@@H](CCc1cnc[nH]1)C(N)=O. The van der Waals surface area contributed by atoms with Crippen LogP contribution in [0.25, 0.3) is 0 Å². The van der Waals surface area contributed by atoms with Gasteiger partial charge in [-0.2, -0.15) is 0 Å². The molecule has 0 bridgehead atoms. The first-order chi connectivity index (χ1) is 23.1. The number of primary amides is 1. The lowest BCUT2D eigenvalue weighted by Crippen LogP contribution is -2.56. The fourth-order valence-electron chi connectivity index (χ4n) is 5.42. The molecule has 0 radical (unpaired) electrons. The number of imidazole rings is 1. The fraction of sp³-hybridized carbons (Fsp3) is 0.771. The number of carbonyl (C=O) groups is 5. The van der Waals surface area contributed by atoms with Gasteiger partial charge in [0.1, 0.15) is 24.2 Å². The number of hydrogen-bond donors (Lipinski definition) is 7. The monoisotopic (exact) mass is 676 g/mol. The molecule has 274 valence electrons. The molecule has 0 aliphatic heterocycles. The lowest BCUT2D eigenvalue weighted by atomic mass is 10.0. The van der Waals surface area contributed by atoms with Gasteiger partial charge in [0.2, 0.25) is 29.5 Å². The van der Waals surface area contributed by atoms with Gasteiger partial charge < -0.3 is 37.7 Å². The number of amides is 5. The van der Waals surface area contributed by atoms with Crippen LogP contribution in [0.15, 0.2) is 12.5 Å². The summed E-state index contributed by atoms with van der Waals surface area (Å²) < 4.78 is 0. The van der Waals surface area contributed by atoms with Crippen LogP contribution < -0.4 is 32.7 Å². The van der Waals surface area contributed by atoms with E-state index < -0.39 is 47.8 Å². The van der Waals surface area contributed by atoms with Crippen molar-refractivity contribution >= 4 is 29.5 Å². The number of carbonyl (C=O) groups excluding carboxylic acids is 5. The fourth-order valence-corrected chi connectivity index (χ4v) is 5.42. The highest BCUT2D eigenvalue weighted by Gasteiger charge is 2.27.